The lowest BCUT2D eigenvalue weighted by Crippen LogP contribution is -2.37. The van der Waals surface area contributed by atoms with E-state index < -0.39 is 8.07 Å². The van der Waals surface area contributed by atoms with Gasteiger partial charge in [0.15, 0.2) is 11.6 Å². The lowest BCUT2D eigenvalue weighted by Gasteiger charge is -2.17. The molecule has 0 aliphatic carbocycles. The van der Waals surface area contributed by atoms with Gasteiger partial charge in [-0.25, -0.2) is 4.98 Å². The van der Waals surface area contributed by atoms with Crippen LogP contribution in [-0.2, 0) is 0 Å². The Balaban J connectivity index is 2.09. The van der Waals surface area contributed by atoms with E-state index in [0.717, 1.165) is 11.1 Å². The number of rotatable bonds is 3. The summed E-state index contributed by atoms with van der Waals surface area (Å²) in [5.74, 6) is 1.21. The third-order valence-corrected chi connectivity index (χ3v) is 5.84. The van der Waals surface area contributed by atoms with Gasteiger partial charge >= 0.3 is 0 Å². The molecule has 0 spiro atoms. The van der Waals surface area contributed by atoms with Crippen LogP contribution in [0.3, 0.4) is 0 Å². The molecule has 23 heavy (non-hydrogen) atoms. The molecule has 0 saturated heterocycles. The summed E-state index contributed by atoms with van der Waals surface area (Å²) in [5, 5.41) is 1.58. The number of hydrogen-bond donors (Lipinski definition) is 0. The van der Waals surface area contributed by atoms with Crippen LogP contribution in [0.1, 0.15) is 0 Å². The number of hydrogen-bond acceptors (Lipinski definition) is 3. The van der Waals surface area contributed by atoms with E-state index in [2.05, 4.69) is 52.8 Å². The SMILES string of the molecule is C[Si](C)(C)c1cccc(-c2nc(Cl)nc(-c3ccccc3)n2)c1. The van der Waals surface area contributed by atoms with E-state index in [4.69, 9.17) is 11.6 Å². The lowest BCUT2D eigenvalue weighted by molar-refractivity contribution is 1.07. The fourth-order valence-electron chi connectivity index (χ4n) is 2.32. The van der Waals surface area contributed by atoms with Crippen LogP contribution in [0.4, 0.5) is 0 Å². The van der Waals surface area contributed by atoms with Gasteiger partial charge in [0.05, 0.1) is 8.07 Å². The molecule has 116 valence electrons. The maximum Gasteiger partial charge on any atom is 0.226 e. The average molecular weight is 340 g/mol. The van der Waals surface area contributed by atoms with E-state index in [9.17, 15) is 0 Å². The van der Waals surface area contributed by atoms with Gasteiger partial charge in [0.2, 0.25) is 5.28 Å². The second-order valence-electron chi connectivity index (χ2n) is 6.45. The molecule has 0 aliphatic heterocycles. The molecule has 3 aromatic rings. The van der Waals surface area contributed by atoms with Crippen LogP contribution in [-0.4, -0.2) is 23.0 Å². The quantitative estimate of drug-likeness (QED) is 0.664. The van der Waals surface area contributed by atoms with Gasteiger partial charge in [-0.3, -0.25) is 0 Å². The Morgan fingerprint density at radius 1 is 0.739 bits per heavy atom. The molecule has 5 heteroatoms. The highest BCUT2D eigenvalue weighted by Gasteiger charge is 2.17. The van der Waals surface area contributed by atoms with Gasteiger partial charge in [0.25, 0.3) is 0 Å². The fraction of sp³-hybridized carbons (Fsp3) is 0.167. The molecule has 0 radical (unpaired) electrons. The van der Waals surface area contributed by atoms with Gasteiger partial charge in [0, 0.05) is 11.1 Å². The van der Waals surface area contributed by atoms with Gasteiger partial charge < -0.3 is 0 Å². The van der Waals surface area contributed by atoms with Crippen molar-refractivity contribution < 1.29 is 0 Å². The maximum atomic E-state index is 6.13. The molecule has 2 aromatic carbocycles. The van der Waals surface area contributed by atoms with E-state index >= 15 is 0 Å². The fourth-order valence-corrected chi connectivity index (χ4v) is 3.67. The molecule has 0 saturated carbocycles. The second kappa shape index (κ2) is 6.22. The molecule has 0 N–H and O–H groups in total. The summed E-state index contributed by atoms with van der Waals surface area (Å²) in [5.41, 5.74) is 1.91. The molecule has 3 rings (SSSR count). The molecule has 0 aliphatic rings. The van der Waals surface area contributed by atoms with E-state index in [1.807, 2.05) is 36.4 Å². The smallest absolute Gasteiger partial charge is 0.208 e. The van der Waals surface area contributed by atoms with Crippen molar-refractivity contribution in [3.05, 3.63) is 59.9 Å². The van der Waals surface area contributed by atoms with Crippen molar-refractivity contribution in [2.24, 2.45) is 0 Å². The molecule has 3 nitrogen and oxygen atoms in total. The third-order valence-electron chi connectivity index (χ3n) is 3.63. The lowest BCUT2D eigenvalue weighted by atomic mass is 10.2. The summed E-state index contributed by atoms with van der Waals surface area (Å²) >= 11 is 6.13. The number of halogens is 1. The van der Waals surface area contributed by atoms with Gasteiger partial charge in [-0.05, 0) is 11.6 Å². The van der Waals surface area contributed by atoms with Gasteiger partial charge in [-0.15, -0.1) is 0 Å². The molecule has 0 bridgehead atoms. The Bertz CT molecular complexity index is 829. The first-order valence-corrected chi connectivity index (χ1v) is 11.4. The molecule has 1 heterocycles. The first kappa shape index (κ1) is 15.8. The Labute approximate surface area is 142 Å². The molecular weight excluding hydrogens is 322 g/mol. The van der Waals surface area contributed by atoms with Crippen LogP contribution in [0.25, 0.3) is 22.8 Å². The molecule has 1 aromatic heterocycles. The first-order chi connectivity index (χ1) is 10.9. The molecule has 0 amide bonds. The largest absolute Gasteiger partial charge is 0.226 e. The van der Waals surface area contributed by atoms with Crippen LogP contribution in [0.2, 0.25) is 24.9 Å². The Morgan fingerprint density at radius 2 is 1.35 bits per heavy atom. The summed E-state index contributed by atoms with van der Waals surface area (Å²) in [4.78, 5) is 13.2. The molecular formula is C18H18ClN3Si. The third kappa shape index (κ3) is 3.66. The van der Waals surface area contributed by atoms with Crippen molar-refractivity contribution in [2.45, 2.75) is 19.6 Å². The summed E-state index contributed by atoms with van der Waals surface area (Å²) < 4.78 is 0. The first-order valence-electron chi connectivity index (χ1n) is 7.51. The molecule has 0 atom stereocenters. The summed E-state index contributed by atoms with van der Waals surface area (Å²) in [6.07, 6.45) is 0. The van der Waals surface area contributed by atoms with Gasteiger partial charge in [-0.2, -0.15) is 9.97 Å². The van der Waals surface area contributed by atoms with Crippen LogP contribution in [0.15, 0.2) is 54.6 Å². The zero-order valence-electron chi connectivity index (χ0n) is 13.4. The van der Waals surface area contributed by atoms with E-state index in [-0.39, 0.29) is 5.28 Å². The molecule has 0 fully saturated rings. The topological polar surface area (TPSA) is 38.7 Å². The maximum absolute atomic E-state index is 6.13. The van der Waals surface area contributed by atoms with Crippen molar-refractivity contribution in [2.75, 3.05) is 0 Å². The summed E-state index contributed by atoms with van der Waals surface area (Å²) in [7, 11) is -1.39. The van der Waals surface area contributed by atoms with Crippen molar-refractivity contribution in [3.8, 4) is 22.8 Å². The summed E-state index contributed by atoms with van der Waals surface area (Å²) in [6, 6.07) is 18.2. The minimum absolute atomic E-state index is 0.215. The van der Waals surface area contributed by atoms with Gasteiger partial charge in [-0.1, -0.05) is 79.4 Å². The second-order valence-corrected chi connectivity index (χ2v) is 11.9. The number of nitrogens with zero attached hydrogens (tertiary/aromatic N) is 3. The van der Waals surface area contributed by atoms with Crippen LogP contribution >= 0.6 is 11.6 Å². The van der Waals surface area contributed by atoms with Crippen molar-refractivity contribution in [3.63, 3.8) is 0 Å². The van der Waals surface area contributed by atoms with Crippen molar-refractivity contribution in [1.29, 1.82) is 0 Å². The minimum Gasteiger partial charge on any atom is -0.208 e. The zero-order valence-corrected chi connectivity index (χ0v) is 15.2. The van der Waals surface area contributed by atoms with Crippen LogP contribution in [0, 0.1) is 0 Å². The average Bonchev–Trinajstić information content (AvgIpc) is 2.54. The number of aromatic nitrogens is 3. The Morgan fingerprint density at radius 3 is 2.00 bits per heavy atom. The Kier molecular flexibility index (Phi) is 4.28. The monoisotopic (exact) mass is 339 g/mol. The van der Waals surface area contributed by atoms with Gasteiger partial charge in [0.1, 0.15) is 0 Å². The Hall–Kier alpha value is -2.04. The molecule has 0 unspecified atom stereocenters. The van der Waals surface area contributed by atoms with Crippen molar-refractivity contribution >= 4 is 24.9 Å². The van der Waals surface area contributed by atoms with E-state index in [1.54, 1.807) is 0 Å². The van der Waals surface area contributed by atoms with Crippen LogP contribution < -0.4 is 5.19 Å². The van der Waals surface area contributed by atoms with Crippen LogP contribution in [0.5, 0.6) is 0 Å². The number of benzene rings is 2. The van der Waals surface area contributed by atoms with E-state index in [1.165, 1.54) is 5.19 Å². The normalized spacial score (nSPS) is 11.5. The predicted molar refractivity (Wildman–Crippen MR) is 98.7 cm³/mol. The zero-order chi connectivity index (χ0) is 16.4. The standard InChI is InChI=1S/C18H18ClN3Si/c1-23(2,3)15-11-7-10-14(12-15)17-20-16(21-18(19)22-17)13-8-5-4-6-9-13/h4-12H,1-3H3. The highest BCUT2D eigenvalue weighted by molar-refractivity contribution is 6.88. The highest BCUT2D eigenvalue weighted by atomic mass is 35.5. The summed E-state index contributed by atoms with van der Waals surface area (Å²) in [6.45, 7) is 6.96. The minimum atomic E-state index is -1.39. The predicted octanol–water partition coefficient (Wildman–Crippen LogP) is 4.40. The van der Waals surface area contributed by atoms with E-state index in [0.29, 0.717) is 11.6 Å². The van der Waals surface area contributed by atoms with Crippen molar-refractivity contribution in [1.82, 2.24) is 15.0 Å². The highest BCUT2D eigenvalue weighted by Crippen LogP contribution is 2.21.